The fraction of sp³-hybridized carbons (Fsp3) is 0.500. The minimum Gasteiger partial charge on any atom is -0.336 e. The summed E-state index contributed by atoms with van der Waals surface area (Å²) in [6.07, 6.45) is 2.13. The van der Waals surface area contributed by atoms with Crippen molar-refractivity contribution in [3.63, 3.8) is 0 Å². The lowest BCUT2D eigenvalue weighted by atomic mass is 10.1. The maximum atomic E-state index is 12.9. The second-order valence-electron chi connectivity index (χ2n) is 6.80. The molecule has 27 heavy (non-hydrogen) atoms. The van der Waals surface area contributed by atoms with Crippen LogP contribution in [0.25, 0.3) is 5.69 Å². The van der Waals surface area contributed by atoms with Gasteiger partial charge in [0.15, 0.2) is 9.84 Å². The van der Waals surface area contributed by atoms with E-state index in [2.05, 4.69) is 20.4 Å². The second-order valence-corrected chi connectivity index (χ2v) is 9.44. The first kappa shape index (κ1) is 18.3. The van der Waals surface area contributed by atoms with E-state index in [0.717, 1.165) is 0 Å². The summed E-state index contributed by atoms with van der Waals surface area (Å²) in [5, 5.41) is 11.4. The SMILES string of the molecule is O=C(c1cc(-n2cnnn2)ccc1Cl)N1CCN(C2CCS(=O)(=O)C2)CC1. The highest BCUT2D eigenvalue weighted by Gasteiger charge is 2.34. The molecule has 2 aliphatic rings. The van der Waals surface area contributed by atoms with Gasteiger partial charge in [0.1, 0.15) is 6.33 Å². The van der Waals surface area contributed by atoms with E-state index in [9.17, 15) is 13.2 Å². The zero-order valence-electron chi connectivity index (χ0n) is 14.5. The standard InChI is InChI=1S/C16H19ClN6O3S/c17-15-2-1-12(23-11-18-19-20-23)9-14(15)16(24)22-6-4-21(5-7-22)13-3-8-27(25,26)10-13/h1-2,9,11,13H,3-8,10H2. The number of sulfone groups is 1. The molecule has 1 atom stereocenters. The molecule has 0 bridgehead atoms. The number of benzene rings is 1. The van der Waals surface area contributed by atoms with Crippen LogP contribution in [0.2, 0.25) is 5.02 Å². The molecule has 9 nitrogen and oxygen atoms in total. The Morgan fingerprint density at radius 1 is 1.19 bits per heavy atom. The average Bonchev–Trinajstić information content (AvgIpc) is 3.31. The van der Waals surface area contributed by atoms with Crippen LogP contribution < -0.4 is 0 Å². The number of halogens is 1. The van der Waals surface area contributed by atoms with Gasteiger partial charge in [0.05, 0.1) is 27.8 Å². The van der Waals surface area contributed by atoms with Crippen molar-refractivity contribution in [3.05, 3.63) is 35.1 Å². The zero-order valence-corrected chi connectivity index (χ0v) is 16.1. The minimum atomic E-state index is -2.91. The van der Waals surface area contributed by atoms with Crippen molar-refractivity contribution in [2.24, 2.45) is 0 Å². The molecule has 0 saturated carbocycles. The summed E-state index contributed by atoms with van der Waals surface area (Å²) in [5.74, 6) is 0.338. The predicted octanol–water partition coefficient (Wildman–Crippen LogP) is 0.261. The largest absolute Gasteiger partial charge is 0.336 e. The quantitative estimate of drug-likeness (QED) is 0.715. The van der Waals surface area contributed by atoms with Crippen LogP contribution in [0.3, 0.4) is 0 Å². The Hall–Kier alpha value is -2.04. The van der Waals surface area contributed by atoms with Crippen LogP contribution in [0.15, 0.2) is 24.5 Å². The molecular formula is C16H19ClN6O3S. The van der Waals surface area contributed by atoms with Crippen LogP contribution >= 0.6 is 11.6 Å². The van der Waals surface area contributed by atoms with Gasteiger partial charge in [-0.1, -0.05) is 11.6 Å². The lowest BCUT2D eigenvalue weighted by Crippen LogP contribution is -2.52. The van der Waals surface area contributed by atoms with Gasteiger partial charge in [-0.2, -0.15) is 0 Å². The van der Waals surface area contributed by atoms with Crippen LogP contribution in [0.5, 0.6) is 0 Å². The van der Waals surface area contributed by atoms with Crippen molar-refractivity contribution in [3.8, 4) is 5.69 Å². The summed E-state index contributed by atoms with van der Waals surface area (Å²) < 4.78 is 24.8. The number of hydrogen-bond donors (Lipinski definition) is 0. The lowest BCUT2D eigenvalue weighted by molar-refractivity contribution is 0.0588. The van der Waals surface area contributed by atoms with Crippen molar-refractivity contribution in [2.45, 2.75) is 12.5 Å². The van der Waals surface area contributed by atoms with E-state index >= 15 is 0 Å². The van der Waals surface area contributed by atoms with Crippen molar-refractivity contribution in [1.29, 1.82) is 0 Å². The van der Waals surface area contributed by atoms with E-state index < -0.39 is 9.84 Å². The molecule has 0 spiro atoms. The maximum Gasteiger partial charge on any atom is 0.255 e. The molecule has 1 aromatic heterocycles. The summed E-state index contributed by atoms with van der Waals surface area (Å²) in [5.41, 5.74) is 1.06. The van der Waals surface area contributed by atoms with Gasteiger partial charge in [0.2, 0.25) is 0 Å². The first-order valence-corrected chi connectivity index (χ1v) is 10.9. The van der Waals surface area contributed by atoms with Crippen molar-refractivity contribution < 1.29 is 13.2 Å². The Bertz CT molecular complexity index is 941. The van der Waals surface area contributed by atoms with E-state index in [1.165, 1.54) is 11.0 Å². The zero-order chi connectivity index (χ0) is 19.0. The van der Waals surface area contributed by atoms with E-state index in [4.69, 9.17) is 11.6 Å². The van der Waals surface area contributed by atoms with Gasteiger partial charge < -0.3 is 4.90 Å². The molecule has 0 aliphatic carbocycles. The molecule has 11 heteroatoms. The van der Waals surface area contributed by atoms with Gasteiger partial charge in [-0.15, -0.1) is 5.10 Å². The molecule has 144 valence electrons. The van der Waals surface area contributed by atoms with Crippen LogP contribution in [0.1, 0.15) is 16.8 Å². The van der Waals surface area contributed by atoms with Crippen molar-refractivity contribution >= 4 is 27.3 Å². The molecule has 2 aliphatic heterocycles. The summed E-state index contributed by atoms with van der Waals surface area (Å²) >= 11 is 6.25. The number of carbonyl (C=O) groups excluding carboxylic acids is 1. The van der Waals surface area contributed by atoms with Gasteiger partial charge in [-0.3, -0.25) is 9.69 Å². The number of aromatic nitrogens is 4. The van der Waals surface area contributed by atoms with Crippen molar-refractivity contribution in [2.75, 3.05) is 37.7 Å². The van der Waals surface area contributed by atoms with Gasteiger partial charge in [0.25, 0.3) is 5.91 Å². The number of piperazine rings is 1. The van der Waals surface area contributed by atoms with Gasteiger partial charge >= 0.3 is 0 Å². The average molecular weight is 411 g/mol. The number of carbonyl (C=O) groups is 1. The monoisotopic (exact) mass is 410 g/mol. The Morgan fingerprint density at radius 2 is 1.96 bits per heavy atom. The molecule has 2 saturated heterocycles. The Kier molecular flexibility index (Phi) is 4.87. The van der Waals surface area contributed by atoms with Gasteiger partial charge in [0, 0.05) is 32.2 Å². The van der Waals surface area contributed by atoms with Gasteiger partial charge in [-0.25, -0.2) is 13.1 Å². The van der Waals surface area contributed by atoms with Crippen LogP contribution in [-0.4, -0.2) is 88.1 Å². The number of hydrogen-bond acceptors (Lipinski definition) is 7. The van der Waals surface area contributed by atoms with Crippen LogP contribution in [0.4, 0.5) is 0 Å². The Balaban J connectivity index is 1.45. The van der Waals surface area contributed by atoms with E-state index in [1.54, 1.807) is 23.1 Å². The highest BCUT2D eigenvalue weighted by atomic mass is 35.5. The fourth-order valence-corrected chi connectivity index (χ4v) is 5.58. The predicted molar refractivity (Wildman–Crippen MR) is 98.7 cm³/mol. The highest BCUT2D eigenvalue weighted by Crippen LogP contribution is 2.23. The third-order valence-electron chi connectivity index (χ3n) is 5.12. The normalized spacial score (nSPS) is 22.9. The summed E-state index contributed by atoms with van der Waals surface area (Å²) in [4.78, 5) is 16.9. The summed E-state index contributed by atoms with van der Waals surface area (Å²) in [6, 6.07) is 5.15. The van der Waals surface area contributed by atoms with E-state index in [0.29, 0.717) is 48.9 Å². The third kappa shape index (κ3) is 3.83. The van der Waals surface area contributed by atoms with E-state index in [-0.39, 0.29) is 23.5 Å². The number of nitrogens with zero attached hydrogens (tertiary/aromatic N) is 6. The molecule has 1 aromatic carbocycles. The molecule has 0 radical (unpaired) electrons. The van der Waals surface area contributed by atoms with Crippen LogP contribution in [-0.2, 0) is 9.84 Å². The Morgan fingerprint density at radius 3 is 2.59 bits per heavy atom. The van der Waals surface area contributed by atoms with Gasteiger partial charge in [-0.05, 0) is 35.0 Å². The molecule has 3 heterocycles. The third-order valence-corrected chi connectivity index (χ3v) is 7.20. The minimum absolute atomic E-state index is 0.0685. The summed E-state index contributed by atoms with van der Waals surface area (Å²) in [6.45, 7) is 2.41. The summed E-state index contributed by atoms with van der Waals surface area (Å²) in [7, 11) is -2.91. The number of rotatable bonds is 3. The maximum absolute atomic E-state index is 12.9. The molecule has 1 amide bonds. The number of amides is 1. The smallest absolute Gasteiger partial charge is 0.255 e. The molecule has 2 fully saturated rings. The molecule has 0 N–H and O–H groups in total. The van der Waals surface area contributed by atoms with Crippen molar-refractivity contribution in [1.82, 2.24) is 30.0 Å². The molecule has 2 aromatic rings. The Labute approximate surface area is 161 Å². The molecular weight excluding hydrogens is 392 g/mol. The molecule has 1 unspecified atom stereocenters. The molecule has 4 rings (SSSR count). The van der Waals surface area contributed by atoms with Crippen LogP contribution in [0, 0.1) is 0 Å². The topological polar surface area (TPSA) is 101 Å². The first-order valence-electron chi connectivity index (χ1n) is 8.70. The lowest BCUT2D eigenvalue weighted by Gasteiger charge is -2.37. The fourth-order valence-electron chi connectivity index (χ4n) is 3.62. The highest BCUT2D eigenvalue weighted by molar-refractivity contribution is 7.91. The first-order chi connectivity index (χ1) is 12.9. The number of tetrazole rings is 1. The second kappa shape index (κ2) is 7.17. The van der Waals surface area contributed by atoms with E-state index in [1.807, 2.05) is 0 Å².